The van der Waals surface area contributed by atoms with Gasteiger partial charge in [0.15, 0.2) is 0 Å². The molecule has 0 radical (unpaired) electrons. The van der Waals surface area contributed by atoms with Gasteiger partial charge in [-0.25, -0.2) is 9.78 Å². The topological polar surface area (TPSA) is 120 Å². The normalized spacial score (nSPS) is 10.9. The van der Waals surface area contributed by atoms with Crippen LogP contribution in [0.2, 0.25) is 0 Å². The van der Waals surface area contributed by atoms with Crippen molar-refractivity contribution in [3.63, 3.8) is 0 Å². The Morgan fingerprint density at radius 2 is 1.75 bits per heavy atom. The van der Waals surface area contributed by atoms with Crippen molar-refractivity contribution < 1.29 is 9.59 Å². The molecule has 0 atom stereocenters. The average Bonchev–Trinajstić information content (AvgIpc) is 3.17. The standard InChI is InChI=1S/C23H21N5O3S/c1-3-14-4-6-15(7-5-14)19-20-22(32-13(2)25-20)28(23(31)27-19)12-18(29)26-17-10-8-16(9-11-17)21(24)30/h4-11H,3,12H2,1-2H3,(H2,24,30)(H,26,29). The summed E-state index contributed by atoms with van der Waals surface area (Å²) in [5.74, 6) is -0.944. The minimum Gasteiger partial charge on any atom is -0.366 e. The number of rotatable bonds is 6. The van der Waals surface area contributed by atoms with Gasteiger partial charge in [-0.15, -0.1) is 11.3 Å². The number of fused-ring (bicyclic) bond motifs is 1. The zero-order chi connectivity index (χ0) is 22.8. The maximum atomic E-state index is 12.9. The molecule has 9 heteroatoms. The predicted molar refractivity (Wildman–Crippen MR) is 125 cm³/mol. The number of carbonyl (C=O) groups excluding carboxylic acids is 2. The number of benzene rings is 2. The third kappa shape index (κ3) is 4.28. The lowest BCUT2D eigenvalue weighted by atomic mass is 10.1. The highest BCUT2D eigenvalue weighted by Crippen LogP contribution is 2.29. The van der Waals surface area contributed by atoms with E-state index in [0.717, 1.165) is 17.0 Å². The SMILES string of the molecule is CCc1ccc(-c2nc(=O)n(CC(=O)Nc3ccc(C(N)=O)cc3)c3sc(C)nc23)cc1. The third-order valence-corrected chi connectivity index (χ3v) is 6.01. The van der Waals surface area contributed by atoms with Crippen molar-refractivity contribution in [2.45, 2.75) is 26.8 Å². The van der Waals surface area contributed by atoms with Crippen molar-refractivity contribution in [2.24, 2.45) is 5.73 Å². The summed E-state index contributed by atoms with van der Waals surface area (Å²) in [6, 6.07) is 14.1. The highest BCUT2D eigenvalue weighted by molar-refractivity contribution is 7.18. The van der Waals surface area contributed by atoms with Gasteiger partial charge in [-0.2, -0.15) is 4.98 Å². The number of hydrogen-bond donors (Lipinski definition) is 2. The van der Waals surface area contributed by atoms with Gasteiger partial charge in [-0.3, -0.25) is 14.2 Å². The maximum absolute atomic E-state index is 12.9. The fraction of sp³-hybridized carbons (Fsp3) is 0.174. The van der Waals surface area contributed by atoms with E-state index in [0.29, 0.717) is 27.3 Å². The molecule has 8 nitrogen and oxygen atoms in total. The van der Waals surface area contributed by atoms with Crippen molar-refractivity contribution >= 4 is 39.2 Å². The predicted octanol–water partition coefficient (Wildman–Crippen LogP) is 3.13. The Balaban J connectivity index is 1.66. The first-order valence-electron chi connectivity index (χ1n) is 10.0. The van der Waals surface area contributed by atoms with Crippen LogP contribution in [0.4, 0.5) is 5.69 Å². The molecule has 0 spiro atoms. The van der Waals surface area contributed by atoms with Crippen LogP contribution in [-0.2, 0) is 17.8 Å². The number of nitrogens with one attached hydrogen (secondary N) is 1. The van der Waals surface area contributed by atoms with Crippen LogP contribution >= 0.6 is 11.3 Å². The maximum Gasteiger partial charge on any atom is 0.349 e. The fourth-order valence-corrected chi connectivity index (χ4v) is 4.26. The molecule has 0 bridgehead atoms. The van der Waals surface area contributed by atoms with E-state index >= 15 is 0 Å². The molecule has 4 rings (SSSR count). The zero-order valence-electron chi connectivity index (χ0n) is 17.6. The summed E-state index contributed by atoms with van der Waals surface area (Å²) in [6.07, 6.45) is 0.918. The minimum atomic E-state index is -0.548. The second-order valence-corrected chi connectivity index (χ2v) is 8.44. The molecule has 2 aromatic carbocycles. The molecular weight excluding hydrogens is 426 g/mol. The highest BCUT2D eigenvalue weighted by atomic mass is 32.1. The Morgan fingerprint density at radius 3 is 2.38 bits per heavy atom. The van der Waals surface area contributed by atoms with Crippen LogP contribution in [-0.4, -0.2) is 26.3 Å². The first-order chi connectivity index (χ1) is 15.4. The Labute approximate surface area is 187 Å². The number of nitrogens with two attached hydrogens (primary N) is 1. The Morgan fingerprint density at radius 1 is 1.06 bits per heavy atom. The monoisotopic (exact) mass is 447 g/mol. The van der Waals surface area contributed by atoms with Gasteiger partial charge in [-0.1, -0.05) is 31.2 Å². The van der Waals surface area contributed by atoms with E-state index in [-0.39, 0.29) is 6.54 Å². The molecule has 2 amide bonds. The van der Waals surface area contributed by atoms with Gasteiger partial charge in [0, 0.05) is 16.8 Å². The molecule has 0 saturated carbocycles. The fourth-order valence-electron chi connectivity index (χ4n) is 3.35. The van der Waals surface area contributed by atoms with Crippen molar-refractivity contribution in [1.82, 2.24) is 14.5 Å². The molecule has 0 aliphatic rings. The van der Waals surface area contributed by atoms with Crippen LogP contribution in [0.25, 0.3) is 21.6 Å². The largest absolute Gasteiger partial charge is 0.366 e. The van der Waals surface area contributed by atoms with Crippen molar-refractivity contribution in [2.75, 3.05) is 5.32 Å². The number of amides is 2. The van der Waals surface area contributed by atoms with E-state index in [1.807, 2.05) is 31.2 Å². The average molecular weight is 448 g/mol. The summed E-state index contributed by atoms with van der Waals surface area (Å²) in [7, 11) is 0. The number of carbonyl (C=O) groups is 2. The van der Waals surface area contributed by atoms with E-state index in [1.54, 1.807) is 12.1 Å². The van der Waals surface area contributed by atoms with E-state index in [2.05, 4.69) is 22.2 Å². The molecule has 0 aliphatic heterocycles. The third-order valence-electron chi connectivity index (χ3n) is 5.01. The number of aromatic nitrogens is 3. The number of aryl methyl sites for hydroxylation is 2. The van der Waals surface area contributed by atoms with Gasteiger partial charge < -0.3 is 11.1 Å². The number of thiazole rings is 1. The van der Waals surface area contributed by atoms with E-state index < -0.39 is 17.5 Å². The molecule has 2 heterocycles. The molecule has 0 saturated heterocycles. The van der Waals surface area contributed by atoms with Gasteiger partial charge in [0.2, 0.25) is 11.8 Å². The van der Waals surface area contributed by atoms with E-state index in [9.17, 15) is 14.4 Å². The first-order valence-corrected chi connectivity index (χ1v) is 10.8. The molecule has 4 aromatic rings. The van der Waals surface area contributed by atoms with Crippen LogP contribution in [0.1, 0.15) is 27.9 Å². The summed E-state index contributed by atoms with van der Waals surface area (Å²) in [5.41, 5.74) is 8.64. The lowest BCUT2D eigenvalue weighted by Crippen LogP contribution is -2.29. The molecule has 0 unspecified atom stereocenters. The smallest absolute Gasteiger partial charge is 0.349 e. The second-order valence-electron chi connectivity index (χ2n) is 7.26. The van der Waals surface area contributed by atoms with E-state index in [1.165, 1.54) is 33.6 Å². The van der Waals surface area contributed by atoms with Crippen molar-refractivity contribution in [3.8, 4) is 11.3 Å². The molecule has 0 aliphatic carbocycles. The minimum absolute atomic E-state index is 0.212. The lowest BCUT2D eigenvalue weighted by Gasteiger charge is -2.10. The molecular formula is C23H21N5O3S. The lowest BCUT2D eigenvalue weighted by molar-refractivity contribution is -0.116. The van der Waals surface area contributed by atoms with Crippen LogP contribution < -0.4 is 16.7 Å². The van der Waals surface area contributed by atoms with E-state index in [4.69, 9.17) is 5.73 Å². The van der Waals surface area contributed by atoms with Crippen LogP contribution in [0.3, 0.4) is 0 Å². The quantitative estimate of drug-likeness (QED) is 0.471. The van der Waals surface area contributed by atoms with Crippen LogP contribution in [0.5, 0.6) is 0 Å². The van der Waals surface area contributed by atoms with Crippen molar-refractivity contribution in [1.29, 1.82) is 0 Å². The summed E-state index contributed by atoms with van der Waals surface area (Å²) in [5, 5.41) is 3.49. The summed E-state index contributed by atoms with van der Waals surface area (Å²) in [6.45, 7) is 3.72. The second kappa shape index (κ2) is 8.72. The number of primary amides is 1. The summed E-state index contributed by atoms with van der Waals surface area (Å²) in [4.78, 5) is 46.1. The zero-order valence-corrected chi connectivity index (χ0v) is 18.4. The van der Waals surface area contributed by atoms with Gasteiger partial charge in [-0.05, 0) is 43.2 Å². The van der Waals surface area contributed by atoms with Gasteiger partial charge >= 0.3 is 5.69 Å². The number of hydrogen-bond acceptors (Lipinski definition) is 6. The van der Waals surface area contributed by atoms with Gasteiger partial charge in [0.05, 0.1) is 5.01 Å². The Kier molecular flexibility index (Phi) is 5.83. The molecule has 32 heavy (non-hydrogen) atoms. The summed E-state index contributed by atoms with van der Waals surface area (Å²) >= 11 is 1.34. The number of nitrogens with zero attached hydrogens (tertiary/aromatic N) is 3. The van der Waals surface area contributed by atoms with Crippen LogP contribution in [0, 0.1) is 6.92 Å². The molecule has 3 N–H and O–H groups in total. The highest BCUT2D eigenvalue weighted by Gasteiger charge is 2.18. The number of anilines is 1. The molecule has 2 aromatic heterocycles. The van der Waals surface area contributed by atoms with Crippen molar-refractivity contribution in [3.05, 3.63) is 75.1 Å². The van der Waals surface area contributed by atoms with Gasteiger partial charge in [0.1, 0.15) is 22.6 Å². The Bertz CT molecular complexity index is 1370. The van der Waals surface area contributed by atoms with Crippen LogP contribution in [0.15, 0.2) is 53.3 Å². The summed E-state index contributed by atoms with van der Waals surface area (Å²) < 4.78 is 1.33. The first kappa shape index (κ1) is 21.4. The van der Waals surface area contributed by atoms with Gasteiger partial charge in [0.25, 0.3) is 0 Å². The molecule has 0 fully saturated rings. The molecule has 162 valence electrons. The Hall–Kier alpha value is -3.85.